The molecule has 0 atom stereocenters. The Balaban J connectivity index is 2.56. The van der Waals surface area contributed by atoms with Gasteiger partial charge in [-0.1, -0.05) is 12.1 Å². The summed E-state index contributed by atoms with van der Waals surface area (Å²) in [5.74, 6) is -0.384. The number of hydrogen-bond acceptors (Lipinski definition) is 4. The zero-order valence-electron chi connectivity index (χ0n) is 8.63. The van der Waals surface area contributed by atoms with E-state index in [1.165, 1.54) is 30.5 Å². The SMILES string of the molecule is Nc1c(-c2ccc(F)cc2)cncc1[N+](=O)[O-]. The molecule has 17 heavy (non-hydrogen) atoms. The van der Waals surface area contributed by atoms with Gasteiger partial charge in [0.05, 0.1) is 4.92 Å². The van der Waals surface area contributed by atoms with Crippen LogP contribution in [0.5, 0.6) is 0 Å². The van der Waals surface area contributed by atoms with E-state index in [9.17, 15) is 14.5 Å². The van der Waals surface area contributed by atoms with Crippen LogP contribution in [0.2, 0.25) is 0 Å². The highest BCUT2D eigenvalue weighted by Gasteiger charge is 2.16. The van der Waals surface area contributed by atoms with E-state index < -0.39 is 4.92 Å². The Hall–Kier alpha value is -2.50. The lowest BCUT2D eigenvalue weighted by Crippen LogP contribution is -1.99. The summed E-state index contributed by atoms with van der Waals surface area (Å²) in [6.07, 6.45) is 2.50. The van der Waals surface area contributed by atoms with Crippen LogP contribution in [-0.4, -0.2) is 9.91 Å². The van der Waals surface area contributed by atoms with Crippen molar-refractivity contribution in [2.75, 3.05) is 5.73 Å². The summed E-state index contributed by atoms with van der Waals surface area (Å²) in [6.45, 7) is 0. The Morgan fingerprint density at radius 1 is 1.24 bits per heavy atom. The normalized spacial score (nSPS) is 10.2. The smallest absolute Gasteiger partial charge is 0.310 e. The first kappa shape index (κ1) is 11.0. The van der Waals surface area contributed by atoms with E-state index in [4.69, 9.17) is 5.73 Å². The van der Waals surface area contributed by atoms with Gasteiger partial charge >= 0.3 is 5.69 Å². The van der Waals surface area contributed by atoms with E-state index >= 15 is 0 Å². The first-order valence-electron chi connectivity index (χ1n) is 4.73. The molecule has 2 rings (SSSR count). The summed E-state index contributed by atoms with van der Waals surface area (Å²) in [5, 5.41) is 10.7. The Morgan fingerprint density at radius 2 is 1.88 bits per heavy atom. The molecular weight excluding hydrogens is 225 g/mol. The number of benzene rings is 1. The second-order valence-corrected chi connectivity index (χ2v) is 3.38. The van der Waals surface area contributed by atoms with Crippen LogP contribution in [0.25, 0.3) is 11.1 Å². The third-order valence-corrected chi connectivity index (χ3v) is 2.32. The van der Waals surface area contributed by atoms with Gasteiger partial charge in [0.15, 0.2) is 0 Å². The lowest BCUT2D eigenvalue weighted by Gasteiger charge is -2.05. The van der Waals surface area contributed by atoms with Gasteiger partial charge in [0, 0.05) is 11.8 Å². The highest BCUT2D eigenvalue weighted by atomic mass is 19.1. The van der Waals surface area contributed by atoms with Gasteiger partial charge in [-0.25, -0.2) is 4.39 Å². The number of aromatic nitrogens is 1. The molecule has 0 amide bonds. The van der Waals surface area contributed by atoms with Crippen LogP contribution in [0.1, 0.15) is 0 Å². The fraction of sp³-hybridized carbons (Fsp3) is 0. The fourth-order valence-electron chi connectivity index (χ4n) is 1.46. The molecule has 0 unspecified atom stereocenters. The first-order valence-corrected chi connectivity index (χ1v) is 4.73. The maximum Gasteiger partial charge on any atom is 0.310 e. The van der Waals surface area contributed by atoms with Crippen molar-refractivity contribution in [2.24, 2.45) is 0 Å². The number of nitro groups is 1. The third kappa shape index (κ3) is 2.05. The highest BCUT2D eigenvalue weighted by Crippen LogP contribution is 2.31. The van der Waals surface area contributed by atoms with Gasteiger partial charge in [-0.15, -0.1) is 0 Å². The van der Waals surface area contributed by atoms with Crippen LogP contribution in [0.4, 0.5) is 15.8 Å². The molecule has 0 spiro atoms. The number of nitrogen functional groups attached to an aromatic ring is 1. The van der Waals surface area contributed by atoms with Crippen LogP contribution in [-0.2, 0) is 0 Å². The molecule has 86 valence electrons. The molecule has 1 aromatic heterocycles. The number of hydrogen-bond donors (Lipinski definition) is 1. The van der Waals surface area contributed by atoms with Crippen molar-refractivity contribution in [1.82, 2.24) is 4.98 Å². The number of halogens is 1. The molecule has 0 radical (unpaired) electrons. The molecule has 0 bridgehead atoms. The standard InChI is InChI=1S/C11H8FN3O2/c12-8-3-1-7(2-4-8)9-5-14-6-10(11(9)13)15(16)17/h1-6H,(H2,13,14). The molecule has 1 aromatic carbocycles. The summed E-state index contributed by atoms with van der Waals surface area (Å²) in [5.41, 5.74) is 6.45. The minimum absolute atomic E-state index is 0.0246. The Kier molecular flexibility index (Phi) is 2.70. The summed E-state index contributed by atoms with van der Waals surface area (Å²) < 4.78 is 12.8. The summed E-state index contributed by atoms with van der Waals surface area (Å²) in [6, 6.07) is 5.50. The molecule has 0 aliphatic rings. The molecule has 0 saturated carbocycles. The van der Waals surface area contributed by atoms with E-state index in [-0.39, 0.29) is 17.2 Å². The Bertz CT molecular complexity index is 569. The predicted molar refractivity (Wildman–Crippen MR) is 60.7 cm³/mol. The second kappa shape index (κ2) is 4.17. The zero-order valence-corrected chi connectivity index (χ0v) is 8.63. The second-order valence-electron chi connectivity index (χ2n) is 3.38. The van der Waals surface area contributed by atoms with E-state index in [1.807, 2.05) is 0 Å². The van der Waals surface area contributed by atoms with Crippen LogP contribution in [0, 0.1) is 15.9 Å². The van der Waals surface area contributed by atoms with E-state index in [0.29, 0.717) is 11.1 Å². The van der Waals surface area contributed by atoms with E-state index in [2.05, 4.69) is 4.98 Å². The van der Waals surface area contributed by atoms with Gasteiger partial charge in [0.1, 0.15) is 17.7 Å². The third-order valence-electron chi connectivity index (χ3n) is 2.32. The Labute approximate surface area is 95.9 Å². The molecular formula is C11H8FN3O2. The van der Waals surface area contributed by atoms with Crippen LogP contribution in [0.15, 0.2) is 36.7 Å². The molecule has 2 N–H and O–H groups in total. The van der Waals surface area contributed by atoms with Crippen molar-refractivity contribution in [2.45, 2.75) is 0 Å². The van der Waals surface area contributed by atoms with Crippen LogP contribution in [0.3, 0.4) is 0 Å². The molecule has 0 aliphatic heterocycles. The van der Waals surface area contributed by atoms with Crippen LogP contribution >= 0.6 is 0 Å². The molecule has 1 heterocycles. The van der Waals surface area contributed by atoms with Gasteiger partial charge in [-0.05, 0) is 17.7 Å². The van der Waals surface area contributed by atoms with Gasteiger partial charge in [0.2, 0.25) is 0 Å². The largest absolute Gasteiger partial charge is 0.393 e. The highest BCUT2D eigenvalue weighted by molar-refractivity contribution is 5.81. The summed E-state index contributed by atoms with van der Waals surface area (Å²) in [4.78, 5) is 13.8. The van der Waals surface area contributed by atoms with E-state index in [0.717, 1.165) is 6.20 Å². The minimum atomic E-state index is -0.602. The fourth-order valence-corrected chi connectivity index (χ4v) is 1.46. The average molecular weight is 233 g/mol. The van der Waals surface area contributed by atoms with Crippen molar-refractivity contribution in [3.63, 3.8) is 0 Å². The van der Waals surface area contributed by atoms with Gasteiger partial charge in [-0.3, -0.25) is 15.1 Å². The quantitative estimate of drug-likeness (QED) is 0.637. The monoisotopic (exact) mass is 233 g/mol. The zero-order chi connectivity index (χ0) is 12.4. The first-order chi connectivity index (χ1) is 8.09. The van der Waals surface area contributed by atoms with Gasteiger partial charge in [-0.2, -0.15) is 0 Å². The molecule has 2 aromatic rings. The maximum atomic E-state index is 12.8. The molecule has 5 nitrogen and oxygen atoms in total. The summed E-state index contributed by atoms with van der Waals surface area (Å²) in [7, 11) is 0. The summed E-state index contributed by atoms with van der Waals surface area (Å²) >= 11 is 0. The number of nitrogens with two attached hydrogens (primary N) is 1. The molecule has 0 saturated heterocycles. The molecule has 6 heteroatoms. The number of nitrogens with zero attached hydrogens (tertiary/aromatic N) is 2. The molecule has 0 fully saturated rings. The van der Waals surface area contributed by atoms with Crippen molar-refractivity contribution in [3.05, 3.63) is 52.6 Å². The van der Waals surface area contributed by atoms with Crippen molar-refractivity contribution >= 4 is 11.4 Å². The number of anilines is 1. The number of pyridine rings is 1. The predicted octanol–water partition coefficient (Wildman–Crippen LogP) is 2.38. The lowest BCUT2D eigenvalue weighted by molar-refractivity contribution is -0.384. The van der Waals surface area contributed by atoms with Gasteiger partial charge < -0.3 is 5.73 Å². The Morgan fingerprint density at radius 3 is 2.47 bits per heavy atom. The topological polar surface area (TPSA) is 82.0 Å². The van der Waals surface area contributed by atoms with Crippen molar-refractivity contribution in [3.8, 4) is 11.1 Å². The molecule has 0 aliphatic carbocycles. The van der Waals surface area contributed by atoms with Crippen molar-refractivity contribution in [1.29, 1.82) is 0 Å². The van der Waals surface area contributed by atoms with Crippen molar-refractivity contribution < 1.29 is 9.31 Å². The average Bonchev–Trinajstić information content (AvgIpc) is 2.30. The maximum absolute atomic E-state index is 12.8. The van der Waals surface area contributed by atoms with Crippen LogP contribution < -0.4 is 5.73 Å². The number of rotatable bonds is 2. The van der Waals surface area contributed by atoms with E-state index in [1.54, 1.807) is 0 Å². The van der Waals surface area contributed by atoms with Gasteiger partial charge in [0.25, 0.3) is 0 Å². The lowest BCUT2D eigenvalue weighted by atomic mass is 10.1. The minimum Gasteiger partial charge on any atom is -0.393 e.